The van der Waals surface area contributed by atoms with Crippen molar-refractivity contribution >= 4 is 11.8 Å². The van der Waals surface area contributed by atoms with Crippen LogP contribution in [0.1, 0.15) is 52.9 Å². The first-order chi connectivity index (χ1) is 8.35. The molecule has 102 valence electrons. The van der Waals surface area contributed by atoms with E-state index in [4.69, 9.17) is 5.73 Å². The first kappa shape index (κ1) is 13.5. The number of likely N-dealkylation sites (tertiary alicyclic amines) is 1. The molecule has 0 spiro atoms. The number of rotatable bonds is 2. The van der Waals surface area contributed by atoms with Crippen LogP contribution in [-0.4, -0.2) is 28.8 Å². The smallest absolute Gasteiger partial charge is 0.235 e. The molecule has 2 rings (SSSR count). The Labute approximate surface area is 109 Å². The second-order valence-corrected chi connectivity index (χ2v) is 6.55. The van der Waals surface area contributed by atoms with Crippen LogP contribution < -0.4 is 5.73 Å². The van der Waals surface area contributed by atoms with Gasteiger partial charge in [-0.05, 0) is 18.8 Å². The molecule has 2 unspecified atom stereocenters. The molecule has 0 bridgehead atoms. The fourth-order valence-corrected chi connectivity index (χ4v) is 3.52. The molecule has 2 N–H and O–H groups in total. The lowest BCUT2D eigenvalue weighted by Crippen LogP contribution is -2.61. The summed E-state index contributed by atoms with van der Waals surface area (Å²) in [6.07, 6.45) is 4.45. The molecule has 2 aliphatic rings. The van der Waals surface area contributed by atoms with Crippen LogP contribution in [0.15, 0.2) is 0 Å². The lowest BCUT2D eigenvalue weighted by atomic mass is 9.72. The van der Waals surface area contributed by atoms with Gasteiger partial charge in [-0.15, -0.1) is 0 Å². The van der Waals surface area contributed by atoms with Gasteiger partial charge in [-0.2, -0.15) is 0 Å². The number of nitrogens with two attached hydrogens (primary N) is 1. The molecule has 0 aromatic carbocycles. The molecule has 4 nitrogen and oxygen atoms in total. The molecule has 1 aliphatic carbocycles. The number of nitrogens with zero attached hydrogens (tertiary/aromatic N) is 1. The van der Waals surface area contributed by atoms with Gasteiger partial charge in [0.1, 0.15) is 0 Å². The van der Waals surface area contributed by atoms with E-state index in [2.05, 4.69) is 6.92 Å². The normalized spacial score (nSPS) is 36.2. The predicted octanol–water partition coefficient (Wildman–Crippen LogP) is 1.68. The zero-order valence-corrected chi connectivity index (χ0v) is 11.7. The van der Waals surface area contributed by atoms with Crippen molar-refractivity contribution in [2.24, 2.45) is 17.1 Å². The molecule has 1 saturated heterocycles. The Hall–Kier alpha value is -0.900. The van der Waals surface area contributed by atoms with Gasteiger partial charge in [-0.25, -0.2) is 0 Å². The summed E-state index contributed by atoms with van der Waals surface area (Å²) < 4.78 is 0. The zero-order valence-electron chi connectivity index (χ0n) is 11.7. The Morgan fingerprint density at radius 2 is 2.00 bits per heavy atom. The number of hydrogen-bond donors (Lipinski definition) is 1. The lowest BCUT2D eigenvalue weighted by molar-refractivity contribution is -0.152. The van der Waals surface area contributed by atoms with Crippen molar-refractivity contribution in [3.63, 3.8) is 0 Å². The summed E-state index contributed by atoms with van der Waals surface area (Å²) in [5, 5.41) is 0. The highest BCUT2D eigenvalue weighted by molar-refractivity contribution is 6.06. The number of carbonyl (C=O) groups excluding carboxylic acids is 2. The van der Waals surface area contributed by atoms with Crippen molar-refractivity contribution < 1.29 is 9.59 Å². The van der Waals surface area contributed by atoms with Gasteiger partial charge in [-0.1, -0.05) is 33.6 Å². The average molecular weight is 252 g/mol. The van der Waals surface area contributed by atoms with E-state index < -0.39 is 11.0 Å². The summed E-state index contributed by atoms with van der Waals surface area (Å²) in [5.74, 6) is 0.231. The van der Waals surface area contributed by atoms with Gasteiger partial charge in [0, 0.05) is 13.0 Å². The predicted molar refractivity (Wildman–Crippen MR) is 69.7 cm³/mol. The minimum absolute atomic E-state index is 0.0355. The van der Waals surface area contributed by atoms with Gasteiger partial charge in [-0.3, -0.25) is 14.5 Å². The molecule has 2 amide bonds. The van der Waals surface area contributed by atoms with Crippen LogP contribution in [0.5, 0.6) is 0 Å². The molecule has 1 aliphatic heterocycles. The van der Waals surface area contributed by atoms with Crippen LogP contribution in [0, 0.1) is 11.3 Å². The first-order valence-corrected chi connectivity index (χ1v) is 6.93. The third-order valence-corrected chi connectivity index (χ3v) is 4.84. The second-order valence-electron chi connectivity index (χ2n) is 6.55. The molecule has 0 aromatic heterocycles. The molecule has 1 saturated carbocycles. The highest BCUT2D eigenvalue weighted by atomic mass is 16.2. The van der Waals surface area contributed by atoms with Crippen LogP contribution in [-0.2, 0) is 9.59 Å². The van der Waals surface area contributed by atoms with E-state index in [0.717, 1.165) is 19.3 Å². The molecular formula is C14H24N2O2. The molecular weight excluding hydrogens is 228 g/mol. The van der Waals surface area contributed by atoms with Crippen LogP contribution in [0.25, 0.3) is 0 Å². The summed E-state index contributed by atoms with van der Waals surface area (Å²) in [5.41, 5.74) is 4.99. The van der Waals surface area contributed by atoms with E-state index in [1.54, 1.807) is 0 Å². The average Bonchev–Trinajstić information content (AvgIpc) is 2.50. The molecule has 2 atom stereocenters. The van der Waals surface area contributed by atoms with Gasteiger partial charge in [0.05, 0.1) is 11.0 Å². The molecule has 4 heteroatoms. The zero-order chi connectivity index (χ0) is 13.6. The Balaban J connectivity index is 2.38. The summed E-state index contributed by atoms with van der Waals surface area (Å²) in [7, 11) is 0. The quantitative estimate of drug-likeness (QED) is 0.760. The molecule has 18 heavy (non-hydrogen) atoms. The van der Waals surface area contributed by atoms with Crippen molar-refractivity contribution in [3.05, 3.63) is 0 Å². The monoisotopic (exact) mass is 252 g/mol. The van der Waals surface area contributed by atoms with E-state index in [1.807, 2.05) is 13.8 Å². The molecule has 0 radical (unpaired) electrons. The Morgan fingerprint density at radius 3 is 2.44 bits per heavy atom. The van der Waals surface area contributed by atoms with E-state index in [9.17, 15) is 9.59 Å². The van der Waals surface area contributed by atoms with Gasteiger partial charge >= 0.3 is 0 Å². The summed E-state index contributed by atoms with van der Waals surface area (Å²) in [4.78, 5) is 26.3. The van der Waals surface area contributed by atoms with Gasteiger partial charge in [0.15, 0.2) is 0 Å². The second kappa shape index (κ2) is 4.34. The maximum absolute atomic E-state index is 12.5. The van der Waals surface area contributed by atoms with Crippen molar-refractivity contribution in [1.82, 2.24) is 4.90 Å². The number of hydrogen-bond acceptors (Lipinski definition) is 3. The minimum atomic E-state index is -0.559. The summed E-state index contributed by atoms with van der Waals surface area (Å²) in [6, 6.07) is 0. The van der Waals surface area contributed by atoms with Crippen LogP contribution >= 0.6 is 0 Å². The SMILES string of the molecule is CC1CCCCC1(CN)N1C(=O)CC(C)(C)C1=O. The Morgan fingerprint density at radius 1 is 1.33 bits per heavy atom. The Bertz CT molecular complexity index is 378. The lowest BCUT2D eigenvalue weighted by Gasteiger charge is -2.47. The van der Waals surface area contributed by atoms with E-state index in [0.29, 0.717) is 18.9 Å². The number of imide groups is 1. The third kappa shape index (κ3) is 1.78. The fourth-order valence-electron chi connectivity index (χ4n) is 3.52. The maximum Gasteiger partial charge on any atom is 0.235 e. The van der Waals surface area contributed by atoms with E-state index >= 15 is 0 Å². The fraction of sp³-hybridized carbons (Fsp3) is 0.857. The standard InChI is InChI=1S/C14H24N2O2/c1-10-6-4-5-7-14(10,9-15)16-11(17)8-13(2,3)12(16)18/h10H,4-9,15H2,1-3H3. The van der Waals surface area contributed by atoms with Crippen molar-refractivity contribution in [3.8, 4) is 0 Å². The van der Waals surface area contributed by atoms with Crippen molar-refractivity contribution in [1.29, 1.82) is 0 Å². The van der Waals surface area contributed by atoms with Crippen molar-refractivity contribution in [2.75, 3.05) is 6.54 Å². The largest absolute Gasteiger partial charge is 0.328 e. The first-order valence-electron chi connectivity index (χ1n) is 6.93. The minimum Gasteiger partial charge on any atom is -0.328 e. The highest BCUT2D eigenvalue weighted by Crippen LogP contribution is 2.44. The number of carbonyl (C=O) groups is 2. The Kier molecular flexibility index (Phi) is 3.26. The van der Waals surface area contributed by atoms with Gasteiger partial charge in [0.2, 0.25) is 11.8 Å². The number of amides is 2. The maximum atomic E-state index is 12.5. The van der Waals surface area contributed by atoms with Gasteiger partial charge in [0.25, 0.3) is 0 Å². The van der Waals surface area contributed by atoms with E-state index in [-0.39, 0.29) is 11.8 Å². The topological polar surface area (TPSA) is 63.4 Å². The van der Waals surface area contributed by atoms with Crippen LogP contribution in [0.2, 0.25) is 0 Å². The van der Waals surface area contributed by atoms with Crippen LogP contribution in [0.4, 0.5) is 0 Å². The van der Waals surface area contributed by atoms with Crippen molar-refractivity contribution in [2.45, 2.75) is 58.4 Å². The molecule has 0 aromatic rings. The highest BCUT2D eigenvalue weighted by Gasteiger charge is 2.55. The van der Waals surface area contributed by atoms with Crippen LogP contribution in [0.3, 0.4) is 0 Å². The van der Waals surface area contributed by atoms with E-state index in [1.165, 1.54) is 11.3 Å². The van der Waals surface area contributed by atoms with Gasteiger partial charge < -0.3 is 5.73 Å². The summed E-state index contributed by atoms with van der Waals surface area (Å²) in [6.45, 7) is 6.22. The molecule has 2 fully saturated rings. The molecule has 1 heterocycles. The summed E-state index contributed by atoms with van der Waals surface area (Å²) >= 11 is 0. The third-order valence-electron chi connectivity index (χ3n) is 4.84.